The van der Waals surface area contributed by atoms with E-state index in [0.717, 1.165) is 38.6 Å². The molecule has 0 saturated carbocycles. The second-order valence-corrected chi connectivity index (χ2v) is 7.99. The summed E-state index contributed by atoms with van der Waals surface area (Å²) in [7, 11) is 1.78. The number of carbonyl (C=O) groups excluding carboxylic acids is 1. The van der Waals surface area contributed by atoms with E-state index in [2.05, 4.69) is 16.0 Å². The molecule has 2 heterocycles. The third-order valence-corrected chi connectivity index (χ3v) is 5.87. The number of carbonyl (C=O) groups is 1. The van der Waals surface area contributed by atoms with Gasteiger partial charge in [-0.15, -0.1) is 0 Å². The minimum atomic E-state index is -0.835. The zero-order chi connectivity index (χ0) is 24.0. The number of hydrogen-bond acceptors (Lipinski definition) is 3. The number of rotatable bonds is 2. The molecule has 0 aliphatic heterocycles. The number of aryl methyl sites for hydroxylation is 2. The Kier molecular flexibility index (Phi) is 4.95. The van der Waals surface area contributed by atoms with Gasteiger partial charge in [0.05, 0.1) is 40.1 Å². The highest BCUT2D eigenvalue weighted by Gasteiger charge is 2.18. The van der Waals surface area contributed by atoms with E-state index in [4.69, 9.17) is 5.73 Å². The summed E-state index contributed by atoms with van der Waals surface area (Å²) in [6, 6.07) is 18.8. The van der Waals surface area contributed by atoms with Crippen molar-refractivity contribution in [3.63, 3.8) is 0 Å². The molecule has 0 bridgehead atoms. The number of amides is 2. The predicted octanol–water partition coefficient (Wildman–Crippen LogP) is 4.48. The molecular formula is C26H19FN6O. The van der Waals surface area contributed by atoms with Gasteiger partial charge in [-0.25, -0.2) is 9.18 Å². The summed E-state index contributed by atoms with van der Waals surface area (Å²) < 4.78 is 17.0. The number of hydrogen-bond donors (Lipinski definition) is 1. The maximum atomic E-state index is 13.5. The number of benzene rings is 3. The van der Waals surface area contributed by atoms with E-state index in [1.165, 1.54) is 12.1 Å². The number of pyridine rings is 1. The molecule has 0 aliphatic carbocycles. The number of nitrogens with two attached hydrogens (primary N) is 1. The van der Waals surface area contributed by atoms with Crippen LogP contribution < -0.4 is 11.4 Å². The van der Waals surface area contributed by atoms with Crippen molar-refractivity contribution in [2.24, 2.45) is 17.8 Å². The Balaban J connectivity index is 1.96. The van der Waals surface area contributed by atoms with E-state index < -0.39 is 6.03 Å². The van der Waals surface area contributed by atoms with Gasteiger partial charge in [-0.2, -0.15) is 10.3 Å². The zero-order valence-corrected chi connectivity index (χ0v) is 18.5. The van der Waals surface area contributed by atoms with E-state index in [-0.39, 0.29) is 5.82 Å². The Bertz CT molecular complexity index is 1720. The van der Waals surface area contributed by atoms with Crippen LogP contribution in [0.5, 0.6) is 0 Å². The van der Waals surface area contributed by atoms with Crippen molar-refractivity contribution in [1.29, 1.82) is 5.26 Å². The van der Waals surface area contributed by atoms with Crippen molar-refractivity contribution in [2.45, 2.75) is 6.92 Å². The van der Waals surface area contributed by atoms with E-state index in [1.807, 2.05) is 35.8 Å². The molecule has 0 atom stereocenters. The molecule has 5 aromatic rings. The summed E-state index contributed by atoms with van der Waals surface area (Å²) in [4.78, 5) is 20.5. The Hall–Kier alpha value is -4.77. The van der Waals surface area contributed by atoms with Gasteiger partial charge >= 0.3 is 6.03 Å². The molecule has 34 heavy (non-hydrogen) atoms. The lowest BCUT2D eigenvalue weighted by atomic mass is 10.0. The molecule has 166 valence electrons. The highest BCUT2D eigenvalue weighted by atomic mass is 19.1. The van der Waals surface area contributed by atoms with Crippen molar-refractivity contribution in [3.8, 4) is 22.9 Å². The molecule has 3 aromatic carbocycles. The second kappa shape index (κ2) is 7.98. The van der Waals surface area contributed by atoms with Crippen LogP contribution in [-0.4, -0.2) is 20.1 Å². The van der Waals surface area contributed by atoms with Gasteiger partial charge in [-0.3, -0.25) is 9.55 Å². The van der Waals surface area contributed by atoms with Crippen molar-refractivity contribution in [3.05, 3.63) is 89.4 Å². The highest BCUT2D eigenvalue weighted by Crippen LogP contribution is 2.30. The van der Waals surface area contributed by atoms with Gasteiger partial charge in [-0.05, 0) is 60.0 Å². The van der Waals surface area contributed by atoms with Crippen LogP contribution in [0.1, 0.15) is 11.1 Å². The lowest BCUT2D eigenvalue weighted by molar-refractivity contribution is 0.255. The van der Waals surface area contributed by atoms with E-state index in [1.54, 1.807) is 42.1 Å². The van der Waals surface area contributed by atoms with Gasteiger partial charge in [0, 0.05) is 12.4 Å². The number of urea groups is 1. The summed E-state index contributed by atoms with van der Waals surface area (Å²) in [6.07, 6.45) is 1.72. The van der Waals surface area contributed by atoms with Crippen LogP contribution in [0, 0.1) is 24.1 Å². The third kappa shape index (κ3) is 3.40. The van der Waals surface area contributed by atoms with Gasteiger partial charge in [0.2, 0.25) is 5.62 Å². The second-order valence-electron chi connectivity index (χ2n) is 7.99. The van der Waals surface area contributed by atoms with Gasteiger partial charge in [0.1, 0.15) is 5.82 Å². The summed E-state index contributed by atoms with van der Waals surface area (Å²) in [5.41, 5.74) is 11.8. The van der Waals surface area contributed by atoms with Crippen molar-refractivity contribution >= 4 is 28.0 Å². The van der Waals surface area contributed by atoms with Crippen LogP contribution >= 0.6 is 0 Å². The molecule has 0 unspecified atom stereocenters. The fraction of sp³-hybridized carbons (Fsp3) is 0.0769. The summed E-state index contributed by atoms with van der Waals surface area (Å²) >= 11 is 0. The largest absolute Gasteiger partial charge is 0.350 e. The average Bonchev–Trinajstić information content (AvgIpc) is 3.11. The topological polar surface area (TPSA) is 102 Å². The van der Waals surface area contributed by atoms with Crippen LogP contribution in [0.15, 0.2) is 71.9 Å². The fourth-order valence-corrected chi connectivity index (χ4v) is 4.20. The first-order valence-corrected chi connectivity index (χ1v) is 10.5. The van der Waals surface area contributed by atoms with Gasteiger partial charge in [0.15, 0.2) is 0 Å². The van der Waals surface area contributed by atoms with Crippen molar-refractivity contribution in [2.75, 3.05) is 0 Å². The quantitative estimate of drug-likeness (QED) is 0.429. The zero-order valence-electron chi connectivity index (χ0n) is 18.5. The highest BCUT2D eigenvalue weighted by molar-refractivity contribution is 6.04. The molecule has 0 spiro atoms. The molecule has 0 saturated heterocycles. The van der Waals surface area contributed by atoms with Gasteiger partial charge in [0.25, 0.3) is 0 Å². The van der Waals surface area contributed by atoms with Gasteiger partial charge in [-0.1, -0.05) is 24.3 Å². The lowest BCUT2D eigenvalue weighted by Gasteiger charge is -2.11. The average molecular weight is 450 g/mol. The molecule has 2 amide bonds. The number of halogens is 1. The molecule has 2 aromatic heterocycles. The summed E-state index contributed by atoms with van der Waals surface area (Å²) in [6.45, 7) is 1.92. The monoisotopic (exact) mass is 450 g/mol. The maximum absolute atomic E-state index is 13.5. The van der Waals surface area contributed by atoms with Crippen molar-refractivity contribution in [1.82, 2.24) is 14.1 Å². The van der Waals surface area contributed by atoms with E-state index in [0.29, 0.717) is 16.9 Å². The smallest absolute Gasteiger partial charge is 0.341 e. The maximum Gasteiger partial charge on any atom is 0.341 e. The lowest BCUT2D eigenvalue weighted by Crippen LogP contribution is -2.27. The van der Waals surface area contributed by atoms with E-state index in [9.17, 15) is 14.4 Å². The molecule has 5 rings (SSSR count). The first kappa shape index (κ1) is 21.1. The van der Waals surface area contributed by atoms with Gasteiger partial charge < -0.3 is 10.3 Å². The Morgan fingerprint density at radius 2 is 1.82 bits per heavy atom. The third-order valence-electron chi connectivity index (χ3n) is 5.87. The molecule has 7 nitrogen and oxygen atoms in total. The SMILES string of the molecule is Cc1ccc(C#N)cc1-n1/c(=N/C(N)=O)n(C)c2cnc3ccc(-c4ccc(F)cc4)cc3c21. The standard InChI is InChI=1S/C26H19FN6O/c1-15-3-4-16(13-28)11-22(15)33-24-20-12-18(17-5-8-19(27)9-6-17)7-10-21(20)30-14-23(24)32(2)26(33)31-25(29)34/h3-12,14H,1-2H3,(H2,29,34)/b31-26+. The minimum absolute atomic E-state index is 0.306. The number of primary amides is 1. The van der Waals surface area contributed by atoms with Crippen LogP contribution in [0.2, 0.25) is 0 Å². The Morgan fingerprint density at radius 3 is 2.53 bits per heavy atom. The van der Waals surface area contributed by atoms with Crippen LogP contribution in [0.4, 0.5) is 9.18 Å². The van der Waals surface area contributed by atoms with Crippen molar-refractivity contribution < 1.29 is 9.18 Å². The minimum Gasteiger partial charge on any atom is -0.350 e. The molecule has 2 N–H and O–H groups in total. The molecule has 0 fully saturated rings. The fourth-order valence-electron chi connectivity index (χ4n) is 4.20. The molecule has 8 heteroatoms. The predicted molar refractivity (Wildman–Crippen MR) is 128 cm³/mol. The number of aromatic nitrogens is 3. The molecular weight excluding hydrogens is 431 g/mol. The summed E-state index contributed by atoms with van der Waals surface area (Å²) in [5, 5.41) is 10.3. The molecule has 0 radical (unpaired) electrons. The Labute approximate surface area is 193 Å². The van der Waals surface area contributed by atoms with Crippen LogP contribution in [0.25, 0.3) is 38.8 Å². The number of imidazole rings is 1. The molecule has 0 aliphatic rings. The first-order valence-electron chi connectivity index (χ1n) is 10.5. The summed E-state index contributed by atoms with van der Waals surface area (Å²) in [5.74, 6) is -0.306. The van der Waals surface area contributed by atoms with E-state index >= 15 is 0 Å². The number of nitrogens with zero attached hydrogens (tertiary/aromatic N) is 5. The Morgan fingerprint density at radius 1 is 1.09 bits per heavy atom. The number of nitriles is 1. The van der Waals surface area contributed by atoms with Crippen LogP contribution in [0.3, 0.4) is 0 Å². The van der Waals surface area contributed by atoms with Crippen LogP contribution in [-0.2, 0) is 7.05 Å². The number of fused-ring (bicyclic) bond motifs is 3. The normalized spacial score (nSPS) is 11.8. The first-order chi connectivity index (χ1) is 16.4.